The number of ether oxygens (including phenoxy) is 1. The topological polar surface area (TPSA) is 77.2 Å². The van der Waals surface area contributed by atoms with Crippen LogP contribution in [0.2, 0.25) is 0 Å². The van der Waals surface area contributed by atoms with Crippen LogP contribution in [-0.2, 0) is 14.4 Å². The smallest absolute Gasteiger partial charge is 0.322 e. The molecule has 0 aromatic heterocycles. The molecule has 0 amide bonds. The highest BCUT2D eigenvalue weighted by Crippen LogP contribution is 2.09. The zero-order valence-electron chi connectivity index (χ0n) is 10.6. The largest absolute Gasteiger partial charge is 0.468 e. The van der Waals surface area contributed by atoms with Crippen LogP contribution >= 0.6 is 0 Å². The van der Waals surface area contributed by atoms with Gasteiger partial charge >= 0.3 is 5.97 Å². The molecule has 2 N–H and O–H groups in total. The number of carbonyl (C=O) groups excluding carboxylic acids is 1. The molecule has 6 nitrogen and oxygen atoms in total. The number of amidine groups is 1. The van der Waals surface area contributed by atoms with Crippen molar-refractivity contribution < 1.29 is 18.8 Å². The number of nitrogens with two attached hydrogens (primary N) is 1. The van der Waals surface area contributed by atoms with Crippen LogP contribution in [0.4, 0.5) is 4.39 Å². The zero-order valence-corrected chi connectivity index (χ0v) is 10.6. The van der Waals surface area contributed by atoms with Crippen LogP contribution in [0.5, 0.6) is 0 Å². The third kappa shape index (κ3) is 4.33. The molecule has 0 saturated heterocycles. The molecule has 1 unspecified atom stereocenters. The number of halogens is 1. The molecule has 0 aromatic carbocycles. The maximum Gasteiger partial charge on any atom is 0.322 e. The van der Waals surface area contributed by atoms with Gasteiger partial charge in [0.1, 0.15) is 17.7 Å². The van der Waals surface area contributed by atoms with Gasteiger partial charge in [-0.3, -0.25) is 4.79 Å². The number of nitrogens with zero attached hydrogens (tertiary/aromatic N) is 2. The van der Waals surface area contributed by atoms with E-state index in [0.29, 0.717) is 18.7 Å². The van der Waals surface area contributed by atoms with Gasteiger partial charge in [0.2, 0.25) is 0 Å². The quantitative estimate of drug-likeness (QED) is 0.712. The first-order chi connectivity index (χ1) is 8.54. The Bertz CT molecular complexity index is 357. The fourth-order valence-electron chi connectivity index (χ4n) is 1.44. The van der Waals surface area contributed by atoms with Gasteiger partial charge in [-0.05, 0) is 19.8 Å². The third-order valence-electron chi connectivity index (χ3n) is 2.56. The number of hydrogen-bond acceptors (Lipinski definition) is 6. The highest BCUT2D eigenvalue weighted by Gasteiger charge is 2.16. The molecule has 0 spiro atoms. The fourth-order valence-corrected chi connectivity index (χ4v) is 1.44. The van der Waals surface area contributed by atoms with Crippen LogP contribution in [0.15, 0.2) is 17.1 Å². The Morgan fingerprint density at radius 2 is 2.50 bits per heavy atom. The molecule has 1 aliphatic rings. The lowest BCUT2D eigenvalue weighted by molar-refractivity contribution is -0.142. The maximum absolute atomic E-state index is 13.5. The van der Waals surface area contributed by atoms with Gasteiger partial charge in [-0.1, -0.05) is 11.2 Å². The molecule has 0 radical (unpaired) electrons. The van der Waals surface area contributed by atoms with E-state index in [9.17, 15) is 9.18 Å². The van der Waals surface area contributed by atoms with E-state index in [1.54, 1.807) is 11.8 Å². The molecule has 1 aliphatic heterocycles. The molecule has 0 aliphatic carbocycles. The van der Waals surface area contributed by atoms with E-state index in [2.05, 4.69) is 9.89 Å². The summed E-state index contributed by atoms with van der Waals surface area (Å²) in [5.74, 6) is -0.142. The predicted octanol–water partition coefficient (Wildman–Crippen LogP) is 0.743. The van der Waals surface area contributed by atoms with Gasteiger partial charge in [0.15, 0.2) is 6.73 Å². The van der Waals surface area contributed by atoms with Crippen LogP contribution in [0.25, 0.3) is 0 Å². The van der Waals surface area contributed by atoms with Gasteiger partial charge in [0, 0.05) is 0 Å². The molecule has 1 heterocycles. The fraction of sp³-hybridized carbons (Fsp3) is 0.636. The van der Waals surface area contributed by atoms with Crippen molar-refractivity contribution in [3.8, 4) is 0 Å². The number of rotatable bonds is 6. The summed E-state index contributed by atoms with van der Waals surface area (Å²) in [5.41, 5.74) is 5.52. The summed E-state index contributed by atoms with van der Waals surface area (Å²) in [5, 5.41) is 3.68. The Hall–Kier alpha value is -1.63. The van der Waals surface area contributed by atoms with Crippen LogP contribution in [-0.4, -0.2) is 43.1 Å². The standard InChI is InChI=1S/C11H18FN3O3/c1-8-14-18-7-15(8)6-9(12)4-3-5-10(13)11(16)17-2/h4,10H,3,5-7,13H2,1-2H3/b9-4+. The van der Waals surface area contributed by atoms with Gasteiger partial charge in [0.05, 0.1) is 13.7 Å². The van der Waals surface area contributed by atoms with Crippen LogP contribution in [0.1, 0.15) is 19.8 Å². The predicted molar refractivity (Wildman–Crippen MR) is 64.2 cm³/mol. The Morgan fingerprint density at radius 1 is 1.78 bits per heavy atom. The molecule has 102 valence electrons. The molecule has 0 bridgehead atoms. The van der Waals surface area contributed by atoms with E-state index in [1.165, 1.54) is 13.2 Å². The van der Waals surface area contributed by atoms with E-state index < -0.39 is 12.0 Å². The second-order valence-electron chi connectivity index (χ2n) is 3.95. The number of oxime groups is 1. The first-order valence-electron chi connectivity index (χ1n) is 5.64. The number of carbonyl (C=O) groups is 1. The van der Waals surface area contributed by atoms with E-state index in [4.69, 9.17) is 10.6 Å². The van der Waals surface area contributed by atoms with Crippen molar-refractivity contribution in [1.82, 2.24) is 4.90 Å². The zero-order chi connectivity index (χ0) is 13.5. The van der Waals surface area contributed by atoms with Crippen molar-refractivity contribution >= 4 is 11.8 Å². The average molecular weight is 259 g/mol. The molecular formula is C11H18FN3O3. The second kappa shape index (κ2) is 6.95. The van der Waals surface area contributed by atoms with E-state index >= 15 is 0 Å². The molecule has 0 aromatic rings. The lowest BCUT2D eigenvalue weighted by Gasteiger charge is -2.13. The molecule has 1 rings (SSSR count). The summed E-state index contributed by atoms with van der Waals surface area (Å²) in [6.07, 6.45) is 2.14. The highest BCUT2D eigenvalue weighted by molar-refractivity contribution is 5.80. The average Bonchev–Trinajstić information content (AvgIpc) is 2.73. The van der Waals surface area contributed by atoms with Crippen LogP contribution in [0, 0.1) is 0 Å². The van der Waals surface area contributed by atoms with Crippen LogP contribution < -0.4 is 5.73 Å². The minimum Gasteiger partial charge on any atom is -0.468 e. The van der Waals surface area contributed by atoms with Crippen molar-refractivity contribution in [3.05, 3.63) is 11.9 Å². The monoisotopic (exact) mass is 259 g/mol. The lowest BCUT2D eigenvalue weighted by Crippen LogP contribution is -2.31. The summed E-state index contributed by atoms with van der Waals surface area (Å²) >= 11 is 0. The summed E-state index contributed by atoms with van der Waals surface area (Å²) < 4.78 is 18.0. The SMILES string of the molecule is COC(=O)C(N)CC/C=C(/F)CN1CON=C1C. The van der Waals surface area contributed by atoms with Crippen LogP contribution in [0.3, 0.4) is 0 Å². The lowest BCUT2D eigenvalue weighted by atomic mass is 10.1. The van der Waals surface area contributed by atoms with Crippen molar-refractivity contribution in [2.45, 2.75) is 25.8 Å². The summed E-state index contributed by atoms with van der Waals surface area (Å²) in [4.78, 5) is 17.5. The molecule has 18 heavy (non-hydrogen) atoms. The highest BCUT2D eigenvalue weighted by atomic mass is 19.1. The van der Waals surface area contributed by atoms with Gasteiger partial charge in [-0.25, -0.2) is 4.39 Å². The Balaban J connectivity index is 2.29. The molecule has 0 fully saturated rings. The van der Waals surface area contributed by atoms with Crippen molar-refractivity contribution in [3.63, 3.8) is 0 Å². The number of allylic oxidation sites excluding steroid dienone is 1. The van der Waals surface area contributed by atoms with Gasteiger partial charge in [0.25, 0.3) is 0 Å². The first kappa shape index (κ1) is 14.4. The van der Waals surface area contributed by atoms with Crippen molar-refractivity contribution in [2.75, 3.05) is 20.4 Å². The Labute approximate surface area is 105 Å². The van der Waals surface area contributed by atoms with Gasteiger partial charge in [-0.2, -0.15) is 0 Å². The molecular weight excluding hydrogens is 241 g/mol. The minimum atomic E-state index is -0.711. The molecule has 1 atom stereocenters. The molecule has 7 heteroatoms. The summed E-state index contributed by atoms with van der Waals surface area (Å²) in [7, 11) is 1.27. The van der Waals surface area contributed by atoms with Crippen molar-refractivity contribution in [2.24, 2.45) is 10.9 Å². The number of esters is 1. The maximum atomic E-state index is 13.5. The molecule has 0 saturated carbocycles. The number of methoxy groups -OCH3 is 1. The van der Waals surface area contributed by atoms with E-state index in [1.807, 2.05) is 0 Å². The normalized spacial score (nSPS) is 17.2. The van der Waals surface area contributed by atoms with Crippen molar-refractivity contribution in [1.29, 1.82) is 0 Å². The Kier molecular flexibility index (Phi) is 5.57. The first-order valence-corrected chi connectivity index (χ1v) is 5.64. The van der Waals surface area contributed by atoms with E-state index in [-0.39, 0.29) is 19.1 Å². The summed E-state index contributed by atoms with van der Waals surface area (Å²) in [6, 6.07) is -0.711. The number of hydrogen-bond donors (Lipinski definition) is 1. The second-order valence-corrected chi connectivity index (χ2v) is 3.95. The third-order valence-corrected chi connectivity index (χ3v) is 2.56. The summed E-state index contributed by atoms with van der Waals surface area (Å²) in [6.45, 7) is 2.12. The van der Waals surface area contributed by atoms with Gasteiger partial charge < -0.3 is 20.2 Å². The van der Waals surface area contributed by atoms with E-state index in [0.717, 1.165) is 0 Å². The van der Waals surface area contributed by atoms with Gasteiger partial charge in [-0.15, -0.1) is 0 Å². The Morgan fingerprint density at radius 3 is 3.06 bits per heavy atom. The minimum absolute atomic E-state index is 0.114.